The number of carbonyl (C=O) groups is 4. The number of hydrogen-bond acceptors (Lipinski definition) is 7. The smallest absolute Gasteiger partial charge is 0.338 e. The number of nitro groups is 1. The number of halogens is 1. The summed E-state index contributed by atoms with van der Waals surface area (Å²) in [4.78, 5) is 61.2. The van der Waals surface area contributed by atoms with Gasteiger partial charge in [-0.1, -0.05) is 24.3 Å². The number of imide groups is 1. The number of nitro benzene ring substituents is 1. The summed E-state index contributed by atoms with van der Waals surface area (Å²) in [5, 5.41) is 13.2. The first-order chi connectivity index (χ1) is 17.2. The number of carbonyl (C=O) groups excluding carboxylic acids is 4. The molecular formula is C25H18FN3O7. The van der Waals surface area contributed by atoms with E-state index in [1.807, 2.05) is 0 Å². The third kappa shape index (κ3) is 4.80. The molecule has 0 fully saturated rings. The summed E-state index contributed by atoms with van der Waals surface area (Å²) in [5.41, 5.74) is 0.343. The molecule has 0 saturated carbocycles. The predicted octanol–water partition coefficient (Wildman–Crippen LogP) is 3.71. The molecule has 0 spiro atoms. The van der Waals surface area contributed by atoms with E-state index in [2.05, 4.69) is 5.32 Å². The third-order valence-electron chi connectivity index (χ3n) is 5.44. The second kappa shape index (κ2) is 9.74. The molecule has 0 saturated heterocycles. The minimum absolute atomic E-state index is 0.0426. The van der Waals surface area contributed by atoms with Crippen LogP contribution in [-0.2, 0) is 16.1 Å². The Morgan fingerprint density at radius 3 is 2.33 bits per heavy atom. The molecule has 36 heavy (non-hydrogen) atoms. The number of rotatable bonds is 7. The fourth-order valence-electron chi connectivity index (χ4n) is 3.62. The van der Waals surface area contributed by atoms with Crippen molar-refractivity contribution in [3.63, 3.8) is 0 Å². The average molecular weight is 491 g/mol. The lowest BCUT2D eigenvalue weighted by molar-refractivity contribution is -0.387. The Kier molecular flexibility index (Phi) is 6.55. The summed E-state index contributed by atoms with van der Waals surface area (Å²) in [6, 6.07) is 15.4. The van der Waals surface area contributed by atoms with Crippen molar-refractivity contribution in [1.82, 2.24) is 4.90 Å². The molecule has 0 bridgehead atoms. The Labute approximate surface area is 203 Å². The van der Waals surface area contributed by atoms with Crippen LogP contribution in [-0.4, -0.2) is 39.6 Å². The van der Waals surface area contributed by atoms with E-state index in [0.29, 0.717) is 16.7 Å². The van der Waals surface area contributed by atoms with Crippen molar-refractivity contribution in [1.29, 1.82) is 0 Å². The molecule has 1 aliphatic heterocycles. The van der Waals surface area contributed by atoms with E-state index >= 15 is 0 Å². The van der Waals surface area contributed by atoms with E-state index in [0.717, 1.165) is 23.1 Å². The Morgan fingerprint density at radius 1 is 1.03 bits per heavy atom. The van der Waals surface area contributed by atoms with E-state index in [1.54, 1.807) is 36.4 Å². The highest BCUT2D eigenvalue weighted by Gasteiger charge is 2.35. The largest absolute Gasteiger partial charge is 0.449 e. The van der Waals surface area contributed by atoms with Gasteiger partial charge in [-0.3, -0.25) is 29.4 Å². The van der Waals surface area contributed by atoms with Crippen LogP contribution in [0, 0.1) is 15.9 Å². The normalized spacial score (nSPS) is 13.2. The third-order valence-corrected chi connectivity index (χ3v) is 5.44. The van der Waals surface area contributed by atoms with E-state index in [4.69, 9.17) is 4.74 Å². The molecule has 182 valence electrons. The minimum Gasteiger partial charge on any atom is -0.449 e. The Bertz CT molecular complexity index is 1390. The monoisotopic (exact) mass is 491 g/mol. The second-order valence-corrected chi connectivity index (χ2v) is 7.90. The zero-order chi connectivity index (χ0) is 26.0. The van der Waals surface area contributed by atoms with Gasteiger partial charge in [-0.25, -0.2) is 4.79 Å². The summed E-state index contributed by atoms with van der Waals surface area (Å²) < 4.78 is 18.7. The molecule has 1 aliphatic rings. The molecule has 3 aromatic carbocycles. The average Bonchev–Trinajstić information content (AvgIpc) is 3.10. The molecule has 10 nitrogen and oxygen atoms in total. The van der Waals surface area contributed by atoms with Crippen LogP contribution in [0.2, 0.25) is 0 Å². The van der Waals surface area contributed by atoms with Crippen molar-refractivity contribution >= 4 is 35.1 Å². The molecule has 1 heterocycles. The number of fused-ring (bicyclic) bond motifs is 1. The number of ether oxygens (including phenoxy) is 1. The van der Waals surface area contributed by atoms with Crippen LogP contribution in [0.3, 0.4) is 0 Å². The maximum atomic E-state index is 13.5. The standard InChI is InChI=1S/C25H18FN3O7/c1-14(22(30)27-17-9-10-20(26)21(12-17)29(34)35)36-25(33)16-6-4-5-15(11-16)13-28-23(31)18-7-2-3-8-19(18)24(28)32/h2-12,14H,13H2,1H3,(H,27,30). The molecule has 4 rings (SSSR count). The fraction of sp³-hybridized carbons (Fsp3) is 0.120. The molecule has 3 aromatic rings. The van der Waals surface area contributed by atoms with Crippen molar-refractivity contribution in [2.75, 3.05) is 5.32 Å². The summed E-state index contributed by atoms with van der Waals surface area (Å²) >= 11 is 0. The Hall–Kier alpha value is -4.93. The lowest BCUT2D eigenvalue weighted by Crippen LogP contribution is -2.30. The Balaban J connectivity index is 1.41. The van der Waals surface area contributed by atoms with Crippen LogP contribution in [0.5, 0.6) is 0 Å². The molecule has 1 unspecified atom stereocenters. The van der Waals surface area contributed by atoms with Crippen LogP contribution >= 0.6 is 0 Å². The van der Waals surface area contributed by atoms with Crippen molar-refractivity contribution in [3.05, 3.63) is 105 Å². The summed E-state index contributed by atoms with van der Waals surface area (Å²) in [7, 11) is 0. The van der Waals surface area contributed by atoms with Crippen LogP contribution in [0.1, 0.15) is 43.6 Å². The van der Waals surface area contributed by atoms with Crippen LogP contribution in [0.15, 0.2) is 66.7 Å². The number of esters is 1. The van der Waals surface area contributed by atoms with Crippen molar-refractivity contribution in [2.24, 2.45) is 0 Å². The molecule has 11 heteroatoms. The van der Waals surface area contributed by atoms with Gasteiger partial charge in [-0.05, 0) is 48.9 Å². The van der Waals surface area contributed by atoms with Crippen molar-refractivity contribution in [3.8, 4) is 0 Å². The molecule has 1 N–H and O–H groups in total. The van der Waals surface area contributed by atoms with Crippen LogP contribution in [0.25, 0.3) is 0 Å². The lowest BCUT2D eigenvalue weighted by Gasteiger charge is -2.16. The number of nitrogens with one attached hydrogen (secondary N) is 1. The van der Waals surface area contributed by atoms with Gasteiger partial charge in [0.25, 0.3) is 17.7 Å². The lowest BCUT2D eigenvalue weighted by atomic mass is 10.1. The maximum absolute atomic E-state index is 13.5. The fourth-order valence-corrected chi connectivity index (χ4v) is 3.62. The number of amides is 3. The number of hydrogen-bond donors (Lipinski definition) is 1. The second-order valence-electron chi connectivity index (χ2n) is 7.90. The summed E-state index contributed by atoms with van der Waals surface area (Å²) in [5.74, 6) is -3.55. The highest BCUT2D eigenvalue weighted by Crippen LogP contribution is 2.25. The first kappa shape index (κ1) is 24.2. The first-order valence-electron chi connectivity index (χ1n) is 10.7. The summed E-state index contributed by atoms with van der Waals surface area (Å²) in [6.07, 6.45) is -1.29. The number of nitrogens with zero attached hydrogens (tertiary/aromatic N) is 2. The molecule has 0 radical (unpaired) electrons. The van der Waals surface area contributed by atoms with Gasteiger partial charge >= 0.3 is 11.7 Å². The summed E-state index contributed by atoms with van der Waals surface area (Å²) in [6.45, 7) is 1.24. The van der Waals surface area contributed by atoms with E-state index in [1.165, 1.54) is 19.1 Å². The van der Waals surface area contributed by atoms with Gasteiger partial charge in [0.1, 0.15) is 0 Å². The minimum atomic E-state index is -1.29. The van der Waals surface area contributed by atoms with E-state index in [9.17, 15) is 33.7 Å². The highest BCUT2D eigenvalue weighted by molar-refractivity contribution is 6.21. The van der Waals surface area contributed by atoms with E-state index < -0.39 is 46.2 Å². The van der Waals surface area contributed by atoms with Gasteiger partial charge in [-0.2, -0.15) is 4.39 Å². The van der Waals surface area contributed by atoms with Crippen LogP contribution in [0.4, 0.5) is 15.8 Å². The molecule has 0 aromatic heterocycles. The van der Waals surface area contributed by atoms with E-state index in [-0.39, 0.29) is 17.8 Å². The predicted molar refractivity (Wildman–Crippen MR) is 124 cm³/mol. The maximum Gasteiger partial charge on any atom is 0.338 e. The van der Waals surface area contributed by atoms with Gasteiger partial charge < -0.3 is 10.1 Å². The van der Waals surface area contributed by atoms with Gasteiger partial charge in [-0.15, -0.1) is 0 Å². The highest BCUT2D eigenvalue weighted by atomic mass is 19.1. The van der Waals surface area contributed by atoms with Crippen molar-refractivity contribution in [2.45, 2.75) is 19.6 Å². The zero-order valence-electron chi connectivity index (χ0n) is 18.8. The Morgan fingerprint density at radius 2 is 1.69 bits per heavy atom. The first-order valence-corrected chi connectivity index (χ1v) is 10.7. The zero-order valence-corrected chi connectivity index (χ0v) is 18.8. The molecule has 3 amide bonds. The van der Waals surface area contributed by atoms with Crippen LogP contribution < -0.4 is 5.32 Å². The van der Waals surface area contributed by atoms with Gasteiger partial charge in [0.15, 0.2) is 6.10 Å². The quantitative estimate of drug-likeness (QED) is 0.230. The van der Waals surface area contributed by atoms with Gasteiger partial charge in [0, 0.05) is 11.8 Å². The SMILES string of the molecule is CC(OC(=O)c1cccc(CN2C(=O)c3ccccc3C2=O)c1)C(=O)Nc1ccc(F)c([N+](=O)[O-])c1. The number of benzene rings is 3. The van der Waals surface area contributed by atoms with Crippen molar-refractivity contribution < 1.29 is 33.2 Å². The number of anilines is 1. The molecule has 0 aliphatic carbocycles. The van der Waals surface area contributed by atoms with Gasteiger partial charge in [0.05, 0.1) is 28.2 Å². The molecule has 1 atom stereocenters. The van der Waals surface area contributed by atoms with Gasteiger partial charge in [0.2, 0.25) is 5.82 Å². The molecular weight excluding hydrogens is 473 g/mol. The topological polar surface area (TPSA) is 136 Å².